The van der Waals surface area contributed by atoms with Gasteiger partial charge in [-0.05, 0) is 43.0 Å². The number of hydrogen-bond acceptors (Lipinski definition) is 7. The van der Waals surface area contributed by atoms with Gasteiger partial charge < -0.3 is 19.8 Å². The van der Waals surface area contributed by atoms with Crippen LogP contribution in [0, 0.1) is 17.8 Å². The van der Waals surface area contributed by atoms with Gasteiger partial charge in [-0.1, -0.05) is 68.0 Å². The molecule has 0 saturated carbocycles. The second-order valence-electron chi connectivity index (χ2n) is 12.6. The highest BCUT2D eigenvalue weighted by Gasteiger charge is 2.74. The summed E-state index contributed by atoms with van der Waals surface area (Å²) in [5.41, 5.74) is 2.25. The predicted molar refractivity (Wildman–Crippen MR) is 180 cm³/mol. The Morgan fingerprint density at radius 1 is 1.11 bits per heavy atom. The molecule has 0 aliphatic carbocycles. The number of anilines is 1. The van der Waals surface area contributed by atoms with E-state index in [4.69, 9.17) is 0 Å². The normalized spacial score (nSPS) is 26.2. The molecule has 2 unspecified atom stereocenters. The third-order valence-corrected chi connectivity index (χ3v) is 12.1. The number of thioether (sulfide) groups is 1. The van der Waals surface area contributed by atoms with Gasteiger partial charge in [0.15, 0.2) is 0 Å². The van der Waals surface area contributed by atoms with E-state index in [1.54, 1.807) is 43.3 Å². The monoisotopic (exact) mass is 642 g/mol. The Balaban J connectivity index is 1.42. The van der Waals surface area contributed by atoms with Gasteiger partial charge in [0.05, 0.1) is 34.7 Å². The number of hydrogen-bond donors (Lipinski definition) is 1. The van der Waals surface area contributed by atoms with Gasteiger partial charge in [-0.15, -0.1) is 30.0 Å². The Morgan fingerprint density at radius 2 is 1.83 bits per heavy atom. The Labute approximate surface area is 274 Å². The summed E-state index contributed by atoms with van der Waals surface area (Å²) in [6.07, 6.45) is 5.44. The molecule has 3 aliphatic rings. The van der Waals surface area contributed by atoms with E-state index in [9.17, 15) is 19.5 Å². The Hall–Kier alpha value is -3.96. The average Bonchev–Trinajstić information content (AvgIpc) is 3.83. The predicted octanol–water partition coefficient (Wildman–Crippen LogP) is 4.12. The maximum absolute atomic E-state index is 15.0. The molecule has 0 radical (unpaired) electrons. The minimum atomic E-state index is -0.858. The van der Waals surface area contributed by atoms with Crippen molar-refractivity contribution in [2.45, 2.75) is 61.9 Å². The first-order valence-corrected chi connectivity index (χ1v) is 16.9. The number of fused-ring (bicyclic) bond motifs is 2. The highest BCUT2D eigenvalue weighted by atomic mass is 32.2. The lowest BCUT2D eigenvalue weighted by Gasteiger charge is -2.41. The SMILES string of the molecule is C=CCN(Cn1nnc2ccccc21)C(=O)C1N([C@@H](CO)[C@@H](C)CC)C(=O)[C@@H]2[C@H](C(=O)N(CC=C)c3ccccc3)[C@@H]3CCC12S3. The molecule has 2 bridgehead atoms. The van der Waals surface area contributed by atoms with Crippen molar-refractivity contribution < 1.29 is 19.5 Å². The smallest absolute Gasteiger partial charge is 0.248 e. The van der Waals surface area contributed by atoms with Crippen molar-refractivity contribution in [2.24, 2.45) is 17.8 Å². The van der Waals surface area contributed by atoms with Crippen LogP contribution >= 0.6 is 11.8 Å². The summed E-state index contributed by atoms with van der Waals surface area (Å²) >= 11 is 1.63. The molecular formula is C35H42N6O4S. The molecule has 242 valence electrons. The Kier molecular flexibility index (Phi) is 9.07. The maximum atomic E-state index is 15.0. The van der Waals surface area contributed by atoms with Gasteiger partial charge in [0, 0.05) is 24.0 Å². The lowest BCUT2D eigenvalue weighted by Crippen LogP contribution is -2.58. The van der Waals surface area contributed by atoms with Crippen LogP contribution in [-0.4, -0.2) is 89.4 Å². The van der Waals surface area contributed by atoms with E-state index in [-0.39, 0.29) is 48.7 Å². The van der Waals surface area contributed by atoms with Crippen LogP contribution in [0.1, 0.15) is 33.1 Å². The van der Waals surface area contributed by atoms with Crippen molar-refractivity contribution >= 4 is 46.2 Å². The summed E-state index contributed by atoms with van der Waals surface area (Å²) in [4.78, 5) is 49.3. The van der Waals surface area contributed by atoms with E-state index in [0.717, 1.165) is 23.1 Å². The molecule has 7 atom stereocenters. The van der Waals surface area contributed by atoms with E-state index >= 15 is 0 Å². The number of aliphatic hydroxyl groups excluding tert-OH is 1. The number of carbonyl (C=O) groups excluding carboxylic acids is 3. The number of para-hydroxylation sites is 2. The van der Waals surface area contributed by atoms with Gasteiger partial charge in [-0.25, -0.2) is 4.68 Å². The molecule has 3 aromatic rings. The summed E-state index contributed by atoms with van der Waals surface area (Å²) in [6, 6.07) is 15.6. The van der Waals surface area contributed by atoms with Gasteiger partial charge >= 0.3 is 0 Å². The largest absolute Gasteiger partial charge is 0.394 e. The fourth-order valence-electron chi connectivity index (χ4n) is 7.79. The molecule has 10 nitrogen and oxygen atoms in total. The number of aliphatic hydroxyl groups is 1. The first-order chi connectivity index (χ1) is 22.3. The van der Waals surface area contributed by atoms with Crippen LogP contribution in [0.3, 0.4) is 0 Å². The fourth-order valence-corrected chi connectivity index (χ4v) is 9.99. The summed E-state index contributed by atoms with van der Waals surface area (Å²) < 4.78 is 0.879. The highest BCUT2D eigenvalue weighted by Crippen LogP contribution is 2.67. The number of amides is 3. The van der Waals surface area contributed by atoms with Gasteiger partial charge in [-0.2, -0.15) is 0 Å². The van der Waals surface area contributed by atoms with E-state index in [1.165, 1.54) is 0 Å². The Morgan fingerprint density at radius 3 is 2.52 bits per heavy atom. The van der Waals surface area contributed by atoms with Crippen LogP contribution in [0.4, 0.5) is 5.69 Å². The molecule has 1 spiro atoms. The summed E-state index contributed by atoms with van der Waals surface area (Å²) in [5.74, 6) is -1.94. The van der Waals surface area contributed by atoms with Gasteiger partial charge in [0.1, 0.15) is 18.2 Å². The van der Waals surface area contributed by atoms with Crippen LogP contribution in [0.5, 0.6) is 0 Å². The molecule has 46 heavy (non-hydrogen) atoms. The number of likely N-dealkylation sites (tertiary alicyclic amines) is 1. The first-order valence-electron chi connectivity index (χ1n) is 16.1. The quantitative estimate of drug-likeness (QED) is 0.279. The van der Waals surface area contributed by atoms with Crippen LogP contribution in [0.15, 0.2) is 79.9 Å². The number of nitrogens with zero attached hydrogens (tertiary/aromatic N) is 6. The van der Waals surface area contributed by atoms with Gasteiger partial charge in [0.25, 0.3) is 0 Å². The molecule has 3 aliphatic heterocycles. The zero-order chi connectivity index (χ0) is 32.6. The zero-order valence-electron chi connectivity index (χ0n) is 26.4. The van der Waals surface area contributed by atoms with Crippen molar-refractivity contribution in [3.8, 4) is 0 Å². The lowest BCUT2D eigenvalue weighted by atomic mass is 9.70. The summed E-state index contributed by atoms with van der Waals surface area (Å²) in [5, 5.41) is 19.2. The molecule has 3 fully saturated rings. The molecule has 4 heterocycles. The highest BCUT2D eigenvalue weighted by molar-refractivity contribution is 8.02. The van der Waals surface area contributed by atoms with Crippen LogP contribution in [-0.2, 0) is 21.1 Å². The average molecular weight is 643 g/mol. The number of benzene rings is 2. The van der Waals surface area contributed by atoms with Gasteiger partial charge in [-0.3, -0.25) is 14.4 Å². The maximum Gasteiger partial charge on any atom is 0.248 e. The molecule has 3 amide bonds. The zero-order valence-corrected chi connectivity index (χ0v) is 27.3. The molecule has 2 aromatic carbocycles. The third kappa shape index (κ3) is 5.13. The minimum Gasteiger partial charge on any atom is -0.394 e. The van der Waals surface area contributed by atoms with Crippen molar-refractivity contribution in [1.82, 2.24) is 24.8 Å². The second-order valence-corrected chi connectivity index (χ2v) is 14.2. The fraction of sp³-hybridized carbons (Fsp3) is 0.457. The van der Waals surface area contributed by atoms with Crippen molar-refractivity contribution in [2.75, 3.05) is 24.6 Å². The number of rotatable bonds is 13. The molecule has 6 rings (SSSR count). The van der Waals surface area contributed by atoms with Crippen LogP contribution in [0.25, 0.3) is 11.0 Å². The third-order valence-electron chi connectivity index (χ3n) is 10.1. The minimum absolute atomic E-state index is 0.0653. The topological polar surface area (TPSA) is 112 Å². The molecule has 1 N–H and O–H groups in total. The second kappa shape index (κ2) is 13.0. The molecule has 3 saturated heterocycles. The van der Waals surface area contributed by atoms with E-state index in [0.29, 0.717) is 19.4 Å². The van der Waals surface area contributed by atoms with Crippen molar-refractivity contribution in [3.63, 3.8) is 0 Å². The number of aromatic nitrogens is 3. The van der Waals surface area contributed by atoms with E-state index in [2.05, 4.69) is 23.5 Å². The van der Waals surface area contributed by atoms with Crippen molar-refractivity contribution in [1.29, 1.82) is 0 Å². The summed E-state index contributed by atoms with van der Waals surface area (Å²) in [7, 11) is 0. The Bertz CT molecular complexity index is 1630. The molecular weight excluding hydrogens is 600 g/mol. The standard InChI is InChI=1S/C35H42N6O4S/c1-5-19-38(22-40-26-16-12-11-15-25(26)36-37-40)34(45)31-35-18-17-28(46-35)29(30(35)33(44)41(31)27(21-42)23(4)7-3)32(43)39(20-6-2)24-13-9-8-10-14-24/h5-6,8-16,23,27-31,42H,1-2,7,17-22H2,3-4H3/t23-,27-,28-,29+,30-,31?,35?/m0/s1. The summed E-state index contributed by atoms with van der Waals surface area (Å²) in [6.45, 7) is 12.2. The first kappa shape index (κ1) is 32.0. The van der Waals surface area contributed by atoms with Crippen molar-refractivity contribution in [3.05, 3.63) is 79.9 Å². The van der Waals surface area contributed by atoms with Gasteiger partial charge in [0.2, 0.25) is 17.7 Å². The number of carbonyl (C=O) groups is 3. The molecule has 1 aromatic heterocycles. The van der Waals surface area contributed by atoms with Crippen LogP contribution in [0.2, 0.25) is 0 Å². The van der Waals surface area contributed by atoms with E-state index < -0.39 is 28.7 Å². The van der Waals surface area contributed by atoms with E-state index in [1.807, 2.05) is 68.4 Å². The molecule has 11 heteroatoms. The lowest BCUT2D eigenvalue weighted by molar-refractivity contribution is -0.147. The van der Waals surface area contributed by atoms with Crippen LogP contribution < -0.4 is 4.90 Å².